The van der Waals surface area contributed by atoms with Gasteiger partial charge in [0.25, 0.3) is 0 Å². The second-order valence-corrected chi connectivity index (χ2v) is 4.26. The molecular weight excluding hydrogens is 222 g/mol. The zero-order chi connectivity index (χ0) is 12.0. The molecule has 0 spiro atoms. The van der Waals surface area contributed by atoms with Gasteiger partial charge < -0.3 is 5.32 Å². The van der Waals surface area contributed by atoms with Crippen molar-refractivity contribution in [3.8, 4) is 0 Å². The number of hydrogen-bond donors (Lipinski definition) is 1. The van der Waals surface area contributed by atoms with Crippen molar-refractivity contribution in [3.05, 3.63) is 35.4 Å². The summed E-state index contributed by atoms with van der Waals surface area (Å²) in [5.41, 5.74) is 2.38. The number of hydrogen-bond acceptors (Lipinski definition) is 1. The number of carbonyl (C=O) groups excluding carboxylic acids is 1. The summed E-state index contributed by atoms with van der Waals surface area (Å²) in [6, 6.07) is 8.34. The lowest BCUT2D eigenvalue weighted by atomic mass is 10.0. The van der Waals surface area contributed by atoms with E-state index < -0.39 is 0 Å². The molecule has 0 saturated carbocycles. The third kappa shape index (κ3) is 3.86. The monoisotopic (exact) mass is 239 g/mol. The Hall–Kier alpha value is -1.02. The molecule has 1 atom stereocenters. The number of halogens is 1. The minimum Gasteiger partial charge on any atom is -0.349 e. The molecule has 1 aromatic carbocycles. The molecule has 1 amide bonds. The van der Waals surface area contributed by atoms with Crippen molar-refractivity contribution >= 4 is 17.5 Å². The van der Waals surface area contributed by atoms with Gasteiger partial charge in [0.05, 0.1) is 6.04 Å². The van der Waals surface area contributed by atoms with Gasteiger partial charge in [-0.2, -0.15) is 0 Å². The Kier molecular flexibility index (Phi) is 5.33. The van der Waals surface area contributed by atoms with Crippen LogP contribution in [0.3, 0.4) is 0 Å². The highest BCUT2D eigenvalue weighted by molar-refractivity contribution is 6.18. The van der Waals surface area contributed by atoms with Crippen molar-refractivity contribution in [2.45, 2.75) is 32.7 Å². The predicted molar refractivity (Wildman–Crippen MR) is 67.7 cm³/mol. The minimum atomic E-state index is 0.0161. The molecule has 0 aliphatic heterocycles. The average Bonchev–Trinajstić information content (AvgIpc) is 2.27. The lowest BCUT2D eigenvalue weighted by Gasteiger charge is -2.17. The van der Waals surface area contributed by atoms with Gasteiger partial charge >= 0.3 is 0 Å². The second-order valence-electron chi connectivity index (χ2n) is 3.88. The zero-order valence-electron chi connectivity index (χ0n) is 9.79. The molecule has 1 rings (SSSR count). The van der Waals surface area contributed by atoms with Crippen LogP contribution in [0.5, 0.6) is 0 Å². The zero-order valence-corrected chi connectivity index (χ0v) is 10.6. The van der Waals surface area contributed by atoms with E-state index >= 15 is 0 Å². The highest BCUT2D eigenvalue weighted by Gasteiger charge is 2.11. The van der Waals surface area contributed by atoms with Crippen LogP contribution in [0.2, 0.25) is 0 Å². The van der Waals surface area contributed by atoms with Gasteiger partial charge in [0.2, 0.25) is 5.91 Å². The van der Waals surface area contributed by atoms with Crippen LogP contribution in [-0.4, -0.2) is 11.8 Å². The molecule has 0 aliphatic rings. The number of nitrogens with one attached hydrogen (secondary N) is 1. The first-order valence-electron chi connectivity index (χ1n) is 5.59. The number of carbonyl (C=O) groups is 1. The van der Waals surface area contributed by atoms with Crippen LogP contribution in [0.25, 0.3) is 0 Å². The predicted octanol–water partition coefficient (Wildman–Crippen LogP) is 3.19. The van der Waals surface area contributed by atoms with E-state index in [-0.39, 0.29) is 11.9 Å². The Morgan fingerprint density at radius 2 is 2.00 bits per heavy atom. The number of alkyl halides is 1. The smallest absolute Gasteiger partial charge is 0.221 e. The van der Waals surface area contributed by atoms with Crippen LogP contribution in [0.1, 0.15) is 36.9 Å². The van der Waals surface area contributed by atoms with Crippen LogP contribution in [0, 0.1) is 6.92 Å². The largest absolute Gasteiger partial charge is 0.349 e. The maximum atomic E-state index is 11.5. The van der Waals surface area contributed by atoms with Crippen molar-refractivity contribution in [1.29, 1.82) is 0 Å². The average molecular weight is 240 g/mol. The molecule has 1 aromatic rings. The van der Waals surface area contributed by atoms with Gasteiger partial charge in [-0.05, 0) is 18.9 Å². The van der Waals surface area contributed by atoms with Crippen LogP contribution in [0.4, 0.5) is 0 Å². The van der Waals surface area contributed by atoms with E-state index in [0.29, 0.717) is 12.3 Å². The summed E-state index contributed by atoms with van der Waals surface area (Å²) < 4.78 is 0. The number of rotatable bonds is 5. The summed E-state index contributed by atoms with van der Waals surface area (Å²) >= 11 is 5.53. The Bertz CT molecular complexity index is 334. The molecule has 0 bridgehead atoms. The van der Waals surface area contributed by atoms with E-state index in [9.17, 15) is 4.79 Å². The lowest BCUT2D eigenvalue weighted by Crippen LogP contribution is -2.28. The van der Waals surface area contributed by atoms with Crippen molar-refractivity contribution in [1.82, 2.24) is 5.32 Å². The number of aryl methyl sites for hydroxylation is 1. The van der Waals surface area contributed by atoms with Gasteiger partial charge in [-0.25, -0.2) is 0 Å². The molecule has 0 aliphatic carbocycles. The number of benzene rings is 1. The summed E-state index contributed by atoms with van der Waals surface area (Å²) in [6.45, 7) is 4.11. The first kappa shape index (κ1) is 13.0. The first-order chi connectivity index (χ1) is 7.67. The van der Waals surface area contributed by atoms with E-state index in [1.807, 2.05) is 0 Å². The maximum absolute atomic E-state index is 11.5. The van der Waals surface area contributed by atoms with Crippen molar-refractivity contribution in [2.24, 2.45) is 0 Å². The third-order valence-corrected chi connectivity index (χ3v) is 2.73. The molecule has 0 aromatic heterocycles. The van der Waals surface area contributed by atoms with E-state index in [4.69, 9.17) is 11.6 Å². The Labute approximate surface area is 102 Å². The molecule has 2 nitrogen and oxygen atoms in total. The van der Waals surface area contributed by atoms with Crippen LogP contribution < -0.4 is 5.32 Å². The summed E-state index contributed by atoms with van der Waals surface area (Å²) in [5, 5.41) is 2.98. The summed E-state index contributed by atoms with van der Waals surface area (Å²) in [6.07, 6.45) is 1.26. The molecule has 0 heterocycles. The molecule has 1 unspecified atom stereocenters. The van der Waals surface area contributed by atoms with Crippen LogP contribution in [-0.2, 0) is 4.79 Å². The van der Waals surface area contributed by atoms with Gasteiger partial charge in [0, 0.05) is 12.3 Å². The van der Waals surface area contributed by atoms with Crippen LogP contribution >= 0.6 is 11.6 Å². The molecule has 1 N–H and O–H groups in total. The summed E-state index contributed by atoms with van der Waals surface area (Å²) in [4.78, 5) is 11.5. The van der Waals surface area contributed by atoms with Gasteiger partial charge in [0.1, 0.15) is 0 Å². The molecule has 16 heavy (non-hydrogen) atoms. The highest BCUT2D eigenvalue weighted by atomic mass is 35.5. The highest BCUT2D eigenvalue weighted by Crippen LogP contribution is 2.17. The van der Waals surface area contributed by atoms with E-state index in [0.717, 1.165) is 12.0 Å². The molecule has 0 saturated heterocycles. The fraction of sp³-hybridized carbons (Fsp3) is 0.462. The van der Waals surface area contributed by atoms with Gasteiger partial charge in [-0.15, -0.1) is 11.6 Å². The van der Waals surface area contributed by atoms with Gasteiger partial charge in [-0.3, -0.25) is 4.79 Å². The van der Waals surface area contributed by atoms with Crippen molar-refractivity contribution < 1.29 is 4.79 Å². The Balaban J connectivity index is 2.67. The van der Waals surface area contributed by atoms with Crippen molar-refractivity contribution in [3.63, 3.8) is 0 Å². The first-order valence-corrected chi connectivity index (χ1v) is 6.12. The maximum Gasteiger partial charge on any atom is 0.221 e. The molecule has 0 fully saturated rings. The fourth-order valence-electron chi connectivity index (χ4n) is 1.57. The van der Waals surface area contributed by atoms with Gasteiger partial charge in [0.15, 0.2) is 0 Å². The molecule has 0 radical (unpaired) electrons. The molecule has 3 heteroatoms. The van der Waals surface area contributed by atoms with E-state index in [1.165, 1.54) is 5.56 Å². The van der Waals surface area contributed by atoms with Crippen LogP contribution in [0.15, 0.2) is 24.3 Å². The quantitative estimate of drug-likeness (QED) is 0.786. The van der Waals surface area contributed by atoms with E-state index in [2.05, 4.69) is 43.4 Å². The van der Waals surface area contributed by atoms with Gasteiger partial charge in [-0.1, -0.05) is 36.8 Å². The third-order valence-electron chi connectivity index (χ3n) is 2.54. The Morgan fingerprint density at radius 1 is 1.38 bits per heavy atom. The molecular formula is C13H18ClNO. The minimum absolute atomic E-state index is 0.0161. The second kappa shape index (κ2) is 6.54. The van der Waals surface area contributed by atoms with E-state index in [1.54, 1.807) is 0 Å². The van der Waals surface area contributed by atoms with Crippen molar-refractivity contribution in [2.75, 3.05) is 5.88 Å². The SMILES string of the molecule is CCC(NC(=O)CCCl)c1ccc(C)cc1. The summed E-state index contributed by atoms with van der Waals surface area (Å²) in [5.74, 6) is 0.387. The topological polar surface area (TPSA) is 29.1 Å². The Morgan fingerprint density at radius 3 is 2.50 bits per heavy atom. The fourth-order valence-corrected chi connectivity index (χ4v) is 1.74. The number of amides is 1. The standard InChI is InChI=1S/C13H18ClNO/c1-3-12(15-13(16)8-9-14)11-6-4-10(2)5-7-11/h4-7,12H,3,8-9H2,1-2H3,(H,15,16). The molecule has 88 valence electrons. The normalized spacial score (nSPS) is 12.2. The summed E-state index contributed by atoms with van der Waals surface area (Å²) in [7, 11) is 0. The lowest BCUT2D eigenvalue weighted by molar-refractivity contribution is -0.121.